The fourth-order valence-corrected chi connectivity index (χ4v) is 5.27. The molecule has 1 fully saturated rings. The number of amides is 1. The van der Waals surface area contributed by atoms with Gasteiger partial charge in [0.05, 0.1) is 4.90 Å². The molecule has 3 rings (SSSR count). The zero-order valence-electron chi connectivity index (χ0n) is 14.8. The molecular formula is C17H22N4O3S2. The highest BCUT2D eigenvalue weighted by Gasteiger charge is 2.37. The molecule has 1 aliphatic heterocycles. The van der Waals surface area contributed by atoms with Crippen molar-refractivity contribution < 1.29 is 13.2 Å². The van der Waals surface area contributed by atoms with Gasteiger partial charge in [0.25, 0.3) is 0 Å². The van der Waals surface area contributed by atoms with Crippen molar-refractivity contribution in [2.24, 2.45) is 0 Å². The molecule has 1 aromatic heterocycles. The molecule has 0 saturated carbocycles. The van der Waals surface area contributed by atoms with Crippen molar-refractivity contribution in [1.82, 2.24) is 14.5 Å². The lowest BCUT2D eigenvalue weighted by Crippen LogP contribution is -2.49. The maximum Gasteiger partial charge on any atom is 0.244 e. The Balaban J connectivity index is 1.82. The second-order valence-electron chi connectivity index (χ2n) is 6.28. The first-order valence-corrected chi connectivity index (χ1v) is 10.9. The van der Waals surface area contributed by atoms with Gasteiger partial charge in [0.15, 0.2) is 0 Å². The van der Waals surface area contributed by atoms with E-state index in [0.29, 0.717) is 18.1 Å². The van der Waals surface area contributed by atoms with E-state index in [0.717, 1.165) is 29.8 Å². The lowest BCUT2D eigenvalue weighted by atomic mass is 10.0. The van der Waals surface area contributed by atoms with Crippen LogP contribution in [0.25, 0.3) is 0 Å². The van der Waals surface area contributed by atoms with Crippen LogP contribution in [0.15, 0.2) is 29.2 Å². The minimum atomic E-state index is -3.72. The Labute approximate surface area is 157 Å². The van der Waals surface area contributed by atoms with Gasteiger partial charge in [-0.3, -0.25) is 10.1 Å². The zero-order chi connectivity index (χ0) is 18.7. The topological polar surface area (TPSA) is 92.3 Å². The predicted octanol–water partition coefficient (Wildman–Crippen LogP) is 2.59. The lowest BCUT2D eigenvalue weighted by molar-refractivity contribution is -0.120. The molecule has 0 bridgehead atoms. The number of aryl methyl sites for hydroxylation is 2. The summed E-state index contributed by atoms with van der Waals surface area (Å²) in [5.74, 6) is -0.348. The van der Waals surface area contributed by atoms with Gasteiger partial charge in [0, 0.05) is 6.54 Å². The van der Waals surface area contributed by atoms with Gasteiger partial charge in [0.2, 0.25) is 21.1 Å². The van der Waals surface area contributed by atoms with Crippen LogP contribution in [0.2, 0.25) is 0 Å². The monoisotopic (exact) mass is 394 g/mol. The van der Waals surface area contributed by atoms with Crippen molar-refractivity contribution in [3.05, 3.63) is 34.8 Å². The highest BCUT2D eigenvalue weighted by atomic mass is 32.2. The molecule has 1 atom stereocenters. The van der Waals surface area contributed by atoms with Crippen LogP contribution in [0.3, 0.4) is 0 Å². The predicted molar refractivity (Wildman–Crippen MR) is 101 cm³/mol. The van der Waals surface area contributed by atoms with Gasteiger partial charge in [-0.1, -0.05) is 42.4 Å². The number of rotatable bonds is 5. The average Bonchev–Trinajstić information content (AvgIpc) is 3.09. The number of nitrogens with zero attached hydrogens (tertiary/aromatic N) is 3. The number of anilines is 1. The molecule has 1 amide bonds. The van der Waals surface area contributed by atoms with Crippen LogP contribution in [0.1, 0.15) is 36.8 Å². The molecule has 2 aromatic rings. The summed E-state index contributed by atoms with van der Waals surface area (Å²) in [6, 6.07) is 5.97. The number of carbonyl (C=O) groups is 1. The van der Waals surface area contributed by atoms with Crippen LogP contribution in [-0.4, -0.2) is 41.4 Å². The summed E-state index contributed by atoms with van der Waals surface area (Å²) in [4.78, 5) is 12.9. The Morgan fingerprint density at radius 2 is 2.00 bits per heavy atom. The van der Waals surface area contributed by atoms with E-state index in [1.165, 1.54) is 15.6 Å². The molecule has 1 saturated heterocycles. The van der Waals surface area contributed by atoms with Crippen LogP contribution in [-0.2, 0) is 21.2 Å². The van der Waals surface area contributed by atoms with Gasteiger partial charge < -0.3 is 0 Å². The fraction of sp³-hybridized carbons (Fsp3) is 0.471. The molecule has 2 heterocycles. The molecule has 9 heteroatoms. The smallest absolute Gasteiger partial charge is 0.244 e. The highest BCUT2D eigenvalue weighted by Crippen LogP contribution is 2.27. The number of carbonyl (C=O) groups excluding carboxylic acids is 1. The summed E-state index contributed by atoms with van der Waals surface area (Å²) >= 11 is 1.31. The third kappa shape index (κ3) is 3.94. The molecular weight excluding hydrogens is 372 g/mol. The average molecular weight is 395 g/mol. The van der Waals surface area contributed by atoms with Gasteiger partial charge in [-0.25, -0.2) is 8.42 Å². The number of aromatic nitrogens is 2. The molecule has 7 nitrogen and oxygen atoms in total. The Bertz CT molecular complexity index is 878. The number of benzene rings is 1. The normalized spacial score (nSPS) is 18.6. The minimum Gasteiger partial charge on any atom is -0.299 e. The molecule has 0 radical (unpaired) electrons. The molecule has 0 spiro atoms. The van der Waals surface area contributed by atoms with E-state index < -0.39 is 16.1 Å². The summed E-state index contributed by atoms with van der Waals surface area (Å²) in [5, 5.41) is 11.9. The minimum absolute atomic E-state index is 0.215. The van der Waals surface area contributed by atoms with Gasteiger partial charge in [-0.2, -0.15) is 4.31 Å². The molecule has 1 aromatic carbocycles. The molecule has 140 valence electrons. The van der Waals surface area contributed by atoms with Crippen LogP contribution in [0.4, 0.5) is 5.13 Å². The summed E-state index contributed by atoms with van der Waals surface area (Å²) < 4.78 is 27.4. The van der Waals surface area contributed by atoms with Gasteiger partial charge in [0.1, 0.15) is 11.0 Å². The van der Waals surface area contributed by atoms with E-state index in [-0.39, 0.29) is 10.8 Å². The summed E-state index contributed by atoms with van der Waals surface area (Å²) in [7, 11) is -3.72. The van der Waals surface area contributed by atoms with E-state index in [9.17, 15) is 13.2 Å². The quantitative estimate of drug-likeness (QED) is 0.841. The first kappa shape index (κ1) is 18.9. The van der Waals surface area contributed by atoms with Crippen LogP contribution >= 0.6 is 11.3 Å². The lowest BCUT2D eigenvalue weighted by Gasteiger charge is -2.33. The molecule has 1 aliphatic rings. The third-order valence-corrected chi connectivity index (χ3v) is 7.29. The van der Waals surface area contributed by atoms with Crippen molar-refractivity contribution >= 4 is 32.4 Å². The number of sulfonamides is 1. The Morgan fingerprint density at radius 3 is 2.65 bits per heavy atom. The first-order chi connectivity index (χ1) is 12.4. The zero-order valence-corrected chi connectivity index (χ0v) is 16.4. The van der Waals surface area contributed by atoms with Crippen molar-refractivity contribution in [3.63, 3.8) is 0 Å². The second kappa shape index (κ2) is 7.81. The Morgan fingerprint density at radius 1 is 1.27 bits per heavy atom. The maximum atomic E-state index is 13.0. The van der Waals surface area contributed by atoms with E-state index in [1.807, 2.05) is 13.8 Å². The van der Waals surface area contributed by atoms with Crippen molar-refractivity contribution in [2.75, 3.05) is 11.9 Å². The van der Waals surface area contributed by atoms with E-state index >= 15 is 0 Å². The largest absolute Gasteiger partial charge is 0.299 e. The number of hydrogen-bond donors (Lipinski definition) is 1. The maximum absolute atomic E-state index is 13.0. The van der Waals surface area contributed by atoms with Crippen molar-refractivity contribution in [1.29, 1.82) is 0 Å². The van der Waals surface area contributed by atoms with Crippen LogP contribution in [0, 0.1) is 6.92 Å². The Hall–Kier alpha value is -1.84. The van der Waals surface area contributed by atoms with Crippen molar-refractivity contribution in [2.45, 2.75) is 50.5 Å². The summed E-state index contributed by atoms with van der Waals surface area (Å²) in [6.45, 7) is 4.20. The molecule has 26 heavy (non-hydrogen) atoms. The number of hydrogen-bond acceptors (Lipinski definition) is 6. The van der Waals surface area contributed by atoms with E-state index in [4.69, 9.17) is 0 Å². The van der Waals surface area contributed by atoms with Gasteiger partial charge >= 0.3 is 0 Å². The molecule has 0 unspecified atom stereocenters. The SMILES string of the molecule is CCc1nnc(NC(=O)[C@@H]2CCCCN2S(=O)(=O)c2ccc(C)cc2)s1. The Kier molecular flexibility index (Phi) is 5.69. The van der Waals surface area contributed by atoms with E-state index in [2.05, 4.69) is 15.5 Å². The van der Waals surface area contributed by atoms with Crippen LogP contribution < -0.4 is 5.32 Å². The van der Waals surface area contributed by atoms with E-state index in [1.54, 1.807) is 24.3 Å². The molecule has 0 aliphatic carbocycles. The third-order valence-electron chi connectivity index (χ3n) is 4.38. The molecule has 1 N–H and O–H groups in total. The van der Waals surface area contributed by atoms with Crippen molar-refractivity contribution in [3.8, 4) is 0 Å². The summed E-state index contributed by atoms with van der Waals surface area (Å²) in [6.07, 6.45) is 2.79. The number of nitrogens with one attached hydrogen (secondary N) is 1. The van der Waals surface area contributed by atoms with Gasteiger partial charge in [-0.15, -0.1) is 10.2 Å². The highest BCUT2D eigenvalue weighted by molar-refractivity contribution is 7.89. The van der Waals surface area contributed by atoms with Crippen LogP contribution in [0.5, 0.6) is 0 Å². The summed E-state index contributed by atoms with van der Waals surface area (Å²) in [5.41, 5.74) is 0.986. The van der Waals surface area contributed by atoms with Gasteiger partial charge in [-0.05, 0) is 38.3 Å². The number of piperidine rings is 1. The standard InChI is InChI=1S/C17H22N4O3S2/c1-3-15-19-20-17(25-15)18-16(22)14-6-4-5-11-21(14)26(23,24)13-9-7-12(2)8-10-13/h7-10,14H,3-6,11H2,1-2H3,(H,18,20,22)/t14-/m0/s1. The first-order valence-electron chi connectivity index (χ1n) is 8.63. The second-order valence-corrected chi connectivity index (χ2v) is 9.24. The fourth-order valence-electron chi connectivity index (χ4n) is 2.94.